The van der Waals surface area contributed by atoms with Gasteiger partial charge < -0.3 is 4.90 Å². The van der Waals surface area contributed by atoms with E-state index in [0.717, 1.165) is 6.04 Å². The SMILES string of the molecule is CCCCCCCCC(N(CC)CC)C(C)(C)C. The zero-order valence-corrected chi connectivity index (χ0v) is 13.9. The predicted octanol–water partition coefficient (Wildman–Crippen LogP) is 5.49. The molecule has 0 spiro atoms. The van der Waals surface area contributed by atoms with Gasteiger partial charge in [-0.15, -0.1) is 0 Å². The zero-order chi connectivity index (χ0) is 14.0. The zero-order valence-electron chi connectivity index (χ0n) is 13.9. The van der Waals surface area contributed by atoms with Crippen LogP contribution in [0.2, 0.25) is 0 Å². The van der Waals surface area contributed by atoms with Crippen LogP contribution in [-0.2, 0) is 0 Å². The van der Waals surface area contributed by atoms with Gasteiger partial charge in [-0.3, -0.25) is 0 Å². The fourth-order valence-electron chi connectivity index (χ4n) is 2.95. The highest BCUT2D eigenvalue weighted by Crippen LogP contribution is 2.28. The van der Waals surface area contributed by atoms with Gasteiger partial charge in [0.05, 0.1) is 0 Å². The van der Waals surface area contributed by atoms with E-state index in [2.05, 4.69) is 46.4 Å². The minimum atomic E-state index is 0.412. The normalized spacial score (nSPS) is 14.2. The summed E-state index contributed by atoms with van der Waals surface area (Å²) in [7, 11) is 0. The minimum Gasteiger partial charge on any atom is -0.300 e. The van der Waals surface area contributed by atoms with E-state index < -0.39 is 0 Å². The summed E-state index contributed by atoms with van der Waals surface area (Å²) < 4.78 is 0. The Bertz CT molecular complexity index is 177. The van der Waals surface area contributed by atoms with E-state index in [0.29, 0.717) is 5.41 Å². The van der Waals surface area contributed by atoms with Gasteiger partial charge in [0.15, 0.2) is 0 Å². The summed E-state index contributed by atoms with van der Waals surface area (Å²) >= 11 is 0. The minimum absolute atomic E-state index is 0.412. The lowest BCUT2D eigenvalue weighted by Crippen LogP contribution is -2.43. The third-order valence-electron chi connectivity index (χ3n) is 4.08. The molecule has 0 aliphatic rings. The summed E-state index contributed by atoms with van der Waals surface area (Å²) in [6, 6.07) is 0.749. The van der Waals surface area contributed by atoms with Gasteiger partial charge in [-0.1, -0.05) is 80.1 Å². The lowest BCUT2D eigenvalue weighted by atomic mass is 9.82. The lowest BCUT2D eigenvalue weighted by molar-refractivity contribution is 0.0992. The Labute approximate surface area is 116 Å². The topological polar surface area (TPSA) is 3.24 Å². The smallest absolute Gasteiger partial charge is 0.0143 e. The Morgan fingerprint density at radius 3 is 1.72 bits per heavy atom. The molecule has 0 saturated carbocycles. The Morgan fingerprint density at radius 1 is 0.778 bits per heavy atom. The molecule has 0 N–H and O–H groups in total. The van der Waals surface area contributed by atoms with Gasteiger partial charge >= 0.3 is 0 Å². The molecule has 0 fully saturated rings. The van der Waals surface area contributed by atoms with Crippen LogP contribution in [0.5, 0.6) is 0 Å². The fourth-order valence-corrected chi connectivity index (χ4v) is 2.95. The molecule has 1 unspecified atom stereocenters. The molecule has 1 heteroatoms. The molecule has 0 aliphatic heterocycles. The van der Waals surface area contributed by atoms with E-state index in [9.17, 15) is 0 Å². The van der Waals surface area contributed by atoms with Crippen LogP contribution in [0.4, 0.5) is 0 Å². The summed E-state index contributed by atoms with van der Waals surface area (Å²) in [4.78, 5) is 2.64. The molecule has 0 amide bonds. The van der Waals surface area contributed by atoms with Crippen molar-refractivity contribution in [2.24, 2.45) is 5.41 Å². The molecule has 1 nitrogen and oxygen atoms in total. The number of unbranched alkanes of at least 4 members (excludes halogenated alkanes) is 5. The third-order valence-corrected chi connectivity index (χ3v) is 4.08. The van der Waals surface area contributed by atoms with Gasteiger partial charge in [-0.25, -0.2) is 0 Å². The highest BCUT2D eigenvalue weighted by atomic mass is 15.2. The molecular formula is C17H37N. The Balaban J connectivity index is 4.03. The fraction of sp³-hybridized carbons (Fsp3) is 1.00. The molecule has 0 heterocycles. The van der Waals surface area contributed by atoms with Crippen LogP contribution < -0.4 is 0 Å². The number of hydrogen-bond acceptors (Lipinski definition) is 1. The first-order valence-electron chi connectivity index (χ1n) is 8.21. The van der Waals surface area contributed by atoms with Crippen LogP contribution in [-0.4, -0.2) is 24.0 Å². The summed E-state index contributed by atoms with van der Waals surface area (Å²) in [5, 5.41) is 0. The van der Waals surface area contributed by atoms with E-state index >= 15 is 0 Å². The average molecular weight is 255 g/mol. The molecular weight excluding hydrogens is 218 g/mol. The summed E-state index contributed by atoms with van der Waals surface area (Å²) in [5.41, 5.74) is 0.412. The van der Waals surface area contributed by atoms with Crippen LogP contribution in [0.15, 0.2) is 0 Å². The van der Waals surface area contributed by atoms with Crippen LogP contribution in [0.3, 0.4) is 0 Å². The van der Waals surface area contributed by atoms with Crippen molar-refractivity contribution in [3.63, 3.8) is 0 Å². The maximum atomic E-state index is 2.64. The van der Waals surface area contributed by atoms with Gasteiger partial charge in [0.1, 0.15) is 0 Å². The molecule has 0 aromatic heterocycles. The molecule has 0 bridgehead atoms. The van der Waals surface area contributed by atoms with Crippen LogP contribution in [0, 0.1) is 5.41 Å². The van der Waals surface area contributed by atoms with Crippen molar-refractivity contribution in [2.75, 3.05) is 13.1 Å². The van der Waals surface area contributed by atoms with Crippen molar-refractivity contribution >= 4 is 0 Å². The van der Waals surface area contributed by atoms with Gasteiger partial charge in [0.25, 0.3) is 0 Å². The molecule has 0 rings (SSSR count). The molecule has 0 radical (unpaired) electrons. The van der Waals surface area contributed by atoms with Gasteiger partial charge in [0.2, 0.25) is 0 Å². The molecule has 0 aliphatic carbocycles. The predicted molar refractivity (Wildman–Crippen MR) is 84.2 cm³/mol. The van der Waals surface area contributed by atoms with Crippen LogP contribution in [0.1, 0.15) is 86.5 Å². The first-order valence-corrected chi connectivity index (χ1v) is 8.21. The summed E-state index contributed by atoms with van der Waals surface area (Å²) in [6.07, 6.45) is 9.83. The van der Waals surface area contributed by atoms with Gasteiger partial charge in [0, 0.05) is 6.04 Å². The second-order valence-electron chi connectivity index (χ2n) is 6.66. The van der Waals surface area contributed by atoms with E-state index in [1.54, 1.807) is 0 Å². The molecule has 110 valence electrons. The second kappa shape index (κ2) is 9.83. The Hall–Kier alpha value is -0.0400. The van der Waals surface area contributed by atoms with E-state index in [-0.39, 0.29) is 0 Å². The van der Waals surface area contributed by atoms with E-state index in [1.807, 2.05) is 0 Å². The van der Waals surface area contributed by atoms with Crippen molar-refractivity contribution in [1.82, 2.24) is 4.90 Å². The Kier molecular flexibility index (Phi) is 9.81. The molecule has 0 aromatic rings. The molecule has 0 saturated heterocycles. The van der Waals surface area contributed by atoms with Gasteiger partial charge in [-0.2, -0.15) is 0 Å². The molecule has 0 aromatic carbocycles. The first-order chi connectivity index (χ1) is 8.47. The van der Waals surface area contributed by atoms with E-state index in [1.165, 1.54) is 58.0 Å². The number of hydrogen-bond donors (Lipinski definition) is 0. The average Bonchev–Trinajstić information content (AvgIpc) is 2.31. The maximum absolute atomic E-state index is 2.64. The second-order valence-corrected chi connectivity index (χ2v) is 6.66. The Morgan fingerprint density at radius 2 is 1.28 bits per heavy atom. The standard InChI is InChI=1S/C17H37N/c1-7-10-11-12-13-14-15-16(17(4,5)6)18(8-2)9-3/h16H,7-15H2,1-6H3. The highest BCUT2D eigenvalue weighted by Gasteiger charge is 2.27. The van der Waals surface area contributed by atoms with Crippen LogP contribution in [0.25, 0.3) is 0 Å². The maximum Gasteiger partial charge on any atom is 0.0143 e. The highest BCUT2D eigenvalue weighted by molar-refractivity contribution is 4.82. The van der Waals surface area contributed by atoms with Crippen LogP contribution >= 0.6 is 0 Å². The largest absolute Gasteiger partial charge is 0.300 e. The van der Waals surface area contributed by atoms with Crippen molar-refractivity contribution in [3.8, 4) is 0 Å². The quantitative estimate of drug-likeness (QED) is 0.466. The summed E-state index contributed by atoms with van der Waals surface area (Å²) in [5.74, 6) is 0. The monoisotopic (exact) mass is 255 g/mol. The summed E-state index contributed by atoms with van der Waals surface area (Å²) in [6.45, 7) is 16.4. The van der Waals surface area contributed by atoms with Crippen molar-refractivity contribution in [2.45, 2.75) is 92.5 Å². The molecule has 1 atom stereocenters. The van der Waals surface area contributed by atoms with Gasteiger partial charge in [-0.05, 0) is 24.9 Å². The first kappa shape index (κ1) is 18.0. The van der Waals surface area contributed by atoms with Crippen molar-refractivity contribution in [3.05, 3.63) is 0 Å². The lowest BCUT2D eigenvalue weighted by Gasteiger charge is -2.39. The number of nitrogens with zero attached hydrogens (tertiary/aromatic N) is 1. The number of rotatable bonds is 10. The van der Waals surface area contributed by atoms with Crippen molar-refractivity contribution in [1.29, 1.82) is 0 Å². The third kappa shape index (κ3) is 7.41. The van der Waals surface area contributed by atoms with E-state index in [4.69, 9.17) is 0 Å². The molecule has 18 heavy (non-hydrogen) atoms. The van der Waals surface area contributed by atoms with Crippen molar-refractivity contribution < 1.29 is 0 Å².